The SMILES string of the molecule is c1ccc(-c2csc(SCc3cn4ccccc4n3)n2)cc1. The van der Waals surface area contributed by atoms with E-state index in [4.69, 9.17) is 4.98 Å². The molecule has 0 atom stereocenters. The Hall–Kier alpha value is -2.11. The first kappa shape index (κ1) is 13.5. The van der Waals surface area contributed by atoms with Gasteiger partial charge in [-0.3, -0.25) is 0 Å². The minimum absolute atomic E-state index is 0.837. The van der Waals surface area contributed by atoms with Gasteiger partial charge in [0.05, 0.1) is 11.4 Å². The number of hydrogen-bond donors (Lipinski definition) is 0. The second kappa shape index (κ2) is 5.94. The van der Waals surface area contributed by atoms with E-state index in [1.807, 2.05) is 47.0 Å². The molecule has 4 rings (SSSR count). The Bertz CT molecular complexity index is 863. The van der Waals surface area contributed by atoms with Gasteiger partial charge in [-0.25, -0.2) is 9.97 Å². The number of benzene rings is 1. The number of hydrogen-bond acceptors (Lipinski definition) is 4. The third-order valence-electron chi connectivity index (χ3n) is 3.31. The molecule has 0 spiro atoms. The van der Waals surface area contributed by atoms with E-state index >= 15 is 0 Å². The average molecular weight is 323 g/mol. The topological polar surface area (TPSA) is 30.2 Å². The second-order valence-electron chi connectivity index (χ2n) is 4.85. The molecule has 0 aliphatic rings. The highest BCUT2D eigenvalue weighted by molar-refractivity contribution is 8.00. The van der Waals surface area contributed by atoms with Crippen LogP contribution in [0.4, 0.5) is 0 Å². The molecule has 0 aliphatic carbocycles. The molecular formula is C17H13N3S2. The van der Waals surface area contributed by atoms with Crippen LogP contribution < -0.4 is 0 Å². The fraction of sp³-hybridized carbons (Fsp3) is 0.0588. The summed E-state index contributed by atoms with van der Waals surface area (Å²) >= 11 is 3.42. The lowest BCUT2D eigenvalue weighted by Gasteiger charge is -1.95. The van der Waals surface area contributed by atoms with Crippen molar-refractivity contribution in [2.75, 3.05) is 0 Å². The average Bonchev–Trinajstić information content (AvgIpc) is 3.20. The summed E-state index contributed by atoms with van der Waals surface area (Å²) in [5.74, 6) is 0.837. The van der Waals surface area contributed by atoms with Crippen LogP contribution in [0.5, 0.6) is 0 Å². The molecule has 3 heterocycles. The summed E-state index contributed by atoms with van der Waals surface area (Å²) in [6, 6.07) is 16.3. The van der Waals surface area contributed by atoms with E-state index in [1.165, 1.54) is 5.56 Å². The van der Waals surface area contributed by atoms with Gasteiger partial charge in [0, 0.05) is 29.1 Å². The van der Waals surface area contributed by atoms with E-state index in [0.717, 1.165) is 27.1 Å². The van der Waals surface area contributed by atoms with E-state index in [1.54, 1.807) is 23.1 Å². The second-order valence-corrected chi connectivity index (χ2v) is 6.93. The summed E-state index contributed by atoms with van der Waals surface area (Å²) in [4.78, 5) is 9.31. The number of rotatable bonds is 4. The Kier molecular flexibility index (Phi) is 3.66. The van der Waals surface area contributed by atoms with Crippen LogP contribution in [0.2, 0.25) is 0 Å². The van der Waals surface area contributed by atoms with Crippen molar-refractivity contribution in [3.8, 4) is 11.3 Å². The third kappa shape index (κ3) is 2.77. The standard InChI is InChI=1S/C17H13N3S2/c1-2-6-13(7-3-1)15-12-22-17(19-15)21-11-14-10-20-9-5-4-8-16(20)18-14/h1-10,12H,11H2. The van der Waals surface area contributed by atoms with Crippen LogP contribution >= 0.6 is 23.1 Å². The van der Waals surface area contributed by atoms with Crippen LogP contribution in [-0.2, 0) is 5.75 Å². The van der Waals surface area contributed by atoms with Crippen molar-refractivity contribution in [3.63, 3.8) is 0 Å². The monoisotopic (exact) mass is 323 g/mol. The van der Waals surface area contributed by atoms with Crippen molar-refractivity contribution in [2.24, 2.45) is 0 Å². The molecule has 0 bridgehead atoms. The smallest absolute Gasteiger partial charge is 0.150 e. The number of pyridine rings is 1. The molecule has 22 heavy (non-hydrogen) atoms. The first-order valence-electron chi connectivity index (χ1n) is 6.95. The number of nitrogens with zero attached hydrogens (tertiary/aromatic N) is 3. The molecular weight excluding hydrogens is 310 g/mol. The van der Waals surface area contributed by atoms with Gasteiger partial charge < -0.3 is 4.40 Å². The zero-order chi connectivity index (χ0) is 14.8. The van der Waals surface area contributed by atoms with Gasteiger partial charge in [-0.1, -0.05) is 48.2 Å². The first-order valence-corrected chi connectivity index (χ1v) is 8.81. The number of thiazole rings is 1. The summed E-state index contributed by atoms with van der Waals surface area (Å²) in [6.45, 7) is 0. The minimum Gasteiger partial charge on any atom is -0.307 e. The van der Waals surface area contributed by atoms with Crippen LogP contribution in [0.1, 0.15) is 5.69 Å². The van der Waals surface area contributed by atoms with Gasteiger partial charge in [0.25, 0.3) is 0 Å². The van der Waals surface area contributed by atoms with E-state index < -0.39 is 0 Å². The van der Waals surface area contributed by atoms with Crippen molar-refractivity contribution in [2.45, 2.75) is 10.1 Å². The molecule has 108 valence electrons. The van der Waals surface area contributed by atoms with E-state index in [2.05, 4.69) is 28.7 Å². The molecule has 0 aliphatic heterocycles. The van der Waals surface area contributed by atoms with Gasteiger partial charge >= 0.3 is 0 Å². The van der Waals surface area contributed by atoms with E-state index in [9.17, 15) is 0 Å². The van der Waals surface area contributed by atoms with Crippen molar-refractivity contribution < 1.29 is 0 Å². The lowest BCUT2D eigenvalue weighted by molar-refractivity contribution is 1.18. The van der Waals surface area contributed by atoms with Gasteiger partial charge in [-0.15, -0.1) is 11.3 Å². The van der Waals surface area contributed by atoms with Gasteiger partial charge in [0.1, 0.15) is 5.65 Å². The summed E-state index contributed by atoms with van der Waals surface area (Å²) in [5, 5.41) is 2.11. The summed E-state index contributed by atoms with van der Waals surface area (Å²) in [7, 11) is 0. The van der Waals surface area contributed by atoms with Crippen molar-refractivity contribution in [3.05, 3.63) is 72.0 Å². The van der Waals surface area contributed by atoms with E-state index in [0.29, 0.717) is 0 Å². The highest BCUT2D eigenvalue weighted by Crippen LogP contribution is 2.30. The maximum Gasteiger partial charge on any atom is 0.150 e. The Balaban J connectivity index is 1.49. The lowest BCUT2D eigenvalue weighted by atomic mass is 10.2. The maximum absolute atomic E-state index is 4.70. The quantitative estimate of drug-likeness (QED) is 0.508. The first-order chi connectivity index (χ1) is 10.9. The predicted molar refractivity (Wildman–Crippen MR) is 92.3 cm³/mol. The molecule has 0 fully saturated rings. The Morgan fingerprint density at radius 2 is 1.86 bits per heavy atom. The number of fused-ring (bicyclic) bond motifs is 1. The number of aromatic nitrogens is 3. The molecule has 5 heteroatoms. The fourth-order valence-corrected chi connectivity index (χ4v) is 3.98. The largest absolute Gasteiger partial charge is 0.307 e. The molecule has 3 nitrogen and oxygen atoms in total. The van der Waals surface area contributed by atoms with Crippen LogP contribution in [0.25, 0.3) is 16.9 Å². The van der Waals surface area contributed by atoms with Gasteiger partial charge in [0.2, 0.25) is 0 Å². The summed E-state index contributed by atoms with van der Waals surface area (Å²) in [6.07, 6.45) is 4.10. The fourth-order valence-electron chi connectivity index (χ4n) is 2.26. The molecule has 1 aromatic carbocycles. The lowest BCUT2D eigenvalue weighted by Crippen LogP contribution is -1.80. The molecule has 0 saturated carbocycles. The predicted octanol–water partition coefficient (Wildman–Crippen LogP) is 4.75. The molecule has 0 saturated heterocycles. The van der Waals surface area contributed by atoms with Crippen LogP contribution in [-0.4, -0.2) is 14.4 Å². The Morgan fingerprint density at radius 1 is 1.00 bits per heavy atom. The van der Waals surface area contributed by atoms with E-state index in [-0.39, 0.29) is 0 Å². The maximum atomic E-state index is 4.70. The van der Waals surface area contributed by atoms with Gasteiger partial charge in [-0.2, -0.15) is 0 Å². The molecule has 4 aromatic rings. The van der Waals surface area contributed by atoms with Crippen molar-refractivity contribution in [1.29, 1.82) is 0 Å². The number of thioether (sulfide) groups is 1. The molecule has 0 radical (unpaired) electrons. The highest BCUT2D eigenvalue weighted by atomic mass is 32.2. The third-order valence-corrected chi connectivity index (χ3v) is 5.36. The Labute approximate surface area is 136 Å². The molecule has 0 unspecified atom stereocenters. The minimum atomic E-state index is 0.837. The van der Waals surface area contributed by atoms with Crippen molar-refractivity contribution >= 4 is 28.7 Å². The zero-order valence-electron chi connectivity index (χ0n) is 11.7. The van der Waals surface area contributed by atoms with Crippen LogP contribution in [0.15, 0.2) is 70.6 Å². The summed E-state index contributed by atoms with van der Waals surface area (Å²) < 4.78 is 3.13. The van der Waals surface area contributed by atoms with Crippen LogP contribution in [0, 0.1) is 0 Å². The Morgan fingerprint density at radius 3 is 2.73 bits per heavy atom. The molecule has 0 N–H and O–H groups in total. The molecule has 3 aromatic heterocycles. The highest BCUT2D eigenvalue weighted by Gasteiger charge is 2.07. The normalized spacial score (nSPS) is 11.1. The molecule has 0 amide bonds. The van der Waals surface area contributed by atoms with Gasteiger partial charge in [0.15, 0.2) is 4.34 Å². The summed E-state index contributed by atoms with van der Waals surface area (Å²) in [5.41, 5.74) is 4.27. The van der Waals surface area contributed by atoms with Crippen LogP contribution in [0.3, 0.4) is 0 Å². The zero-order valence-corrected chi connectivity index (χ0v) is 13.3. The van der Waals surface area contributed by atoms with Gasteiger partial charge in [-0.05, 0) is 12.1 Å². The van der Waals surface area contributed by atoms with Crippen molar-refractivity contribution in [1.82, 2.24) is 14.4 Å². The number of imidazole rings is 1.